The maximum atomic E-state index is 12.0. The van der Waals surface area contributed by atoms with Crippen LogP contribution in [0.5, 0.6) is 0 Å². The molecule has 0 saturated carbocycles. The summed E-state index contributed by atoms with van der Waals surface area (Å²) < 4.78 is 0. The maximum absolute atomic E-state index is 12.0. The highest BCUT2D eigenvalue weighted by Crippen LogP contribution is 2.33. The number of hydrogen-bond donors (Lipinski definition) is 0. The number of likely N-dealkylation sites (N-methyl/N-ethyl adjacent to an activating group) is 1. The Balaban J connectivity index is 0.000000807. The second-order valence-corrected chi connectivity index (χ2v) is 8.17. The summed E-state index contributed by atoms with van der Waals surface area (Å²) in [5, 5.41) is 0. The molecule has 1 aromatic heterocycles. The van der Waals surface area contributed by atoms with Crippen molar-refractivity contribution in [2.24, 2.45) is 0 Å². The van der Waals surface area contributed by atoms with Crippen LogP contribution in [0.2, 0.25) is 0 Å². The van der Waals surface area contributed by atoms with Crippen LogP contribution in [0.3, 0.4) is 0 Å². The first-order chi connectivity index (χ1) is 15.1. The molecule has 3 saturated heterocycles. The third-order valence-corrected chi connectivity index (χ3v) is 6.37. The zero-order valence-electron chi connectivity index (χ0n) is 20.3. The van der Waals surface area contributed by atoms with Gasteiger partial charge in [-0.15, -0.1) is 0 Å². The van der Waals surface area contributed by atoms with Crippen molar-refractivity contribution in [1.29, 1.82) is 0 Å². The van der Waals surface area contributed by atoms with E-state index in [1.54, 1.807) is 11.8 Å². The molecular formula is C24H41N5O2. The zero-order valence-corrected chi connectivity index (χ0v) is 20.3. The Labute approximate surface area is 188 Å². The molecule has 7 nitrogen and oxygen atoms in total. The summed E-state index contributed by atoms with van der Waals surface area (Å²) in [6, 6.07) is 1.06. The number of amides is 1. The van der Waals surface area contributed by atoms with E-state index in [2.05, 4.69) is 16.8 Å². The van der Waals surface area contributed by atoms with Crippen LogP contribution >= 0.6 is 0 Å². The van der Waals surface area contributed by atoms with Gasteiger partial charge in [-0.3, -0.25) is 9.59 Å². The molecule has 31 heavy (non-hydrogen) atoms. The fraction of sp³-hybridized carbons (Fsp3) is 0.750. The summed E-state index contributed by atoms with van der Waals surface area (Å²) in [6.45, 7) is 13.2. The van der Waals surface area contributed by atoms with Gasteiger partial charge in [0.05, 0.1) is 0 Å². The van der Waals surface area contributed by atoms with Gasteiger partial charge < -0.3 is 14.7 Å². The average Bonchev–Trinajstić information content (AvgIpc) is 3.11. The fourth-order valence-electron chi connectivity index (χ4n) is 4.86. The number of nitrogens with zero attached hydrogens (tertiary/aromatic N) is 5. The summed E-state index contributed by atoms with van der Waals surface area (Å²) >= 11 is 0. The number of anilines is 1. The van der Waals surface area contributed by atoms with E-state index in [1.165, 1.54) is 12.8 Å². The van der Waals surface area contributed by atoms with Gasteiger partial charge in [0.25, 0.3) is 5.91 Å². The number of ketones is 1. The van der Waals surface area contributed by atoms with Gasteiger partial charge in [-0.2, -0.15) is 0 Å². The first-order valence-electron chi connectivity index (χ1n) is 12.2. The van der Waals surface area contributed by atoms with Crippen molar-refractivity contribution >= 4 is 17.6 Å². The molecule has 0 N–H and O–H groups in total. The van der Waals surface area contributed by atoms with Crippen molar-refractivity contribution in [3.05, 3.63) is 18.0 Å². The zero-order chi connectivity index (χ0) is 23.0. The quantitative estimate of drug-likeness (QED) is 0.680. The van der Waals surface area contributed by atoms with Gasteiger partial charge in [0.15, 0.2) is 0 Å². The molecule has 4 rings (SSSR count). The van der Waals surface area contributed by atoms with Crippen LogP contribution < -0.4 is 4.90 Å². The van der Waals surface area contributed by atoms with E-state index >= 15 is 0 Å². The monoisotopic (exact) mass is 431 g/mol. The van der Waals surface area contributed by atoms with Crippen LogP contribution in [0.4, 0.5) is 5.95 Å². The van der Waals surface area contributed by atoms with E-state index in [1.807, 2.05) is 40.1 Å². The Morgan fingerprint density at radius 2 is 1.45 bits per heavy atom. The molecule has 2 atom stereocenters. The van der Waals surface area contributed by atoms with Gasteiger partial charge in [0.1, 0.15) is 0 Å². The highest BCUT2D eigenvalue weighted by molar-refractivity contribution is 6.35. The van der Waals surface area contributed by atoms with Crippen LogP contribution in [-0.2, 0) is 9.59 Å². The molecule has 4 heterocycles. The van der Waals surface area contributed by atoms with Gasteiger partial charge in [-0.1, -0.05) is 34.6 Å². The van der Waals surface area contributed by atoms with Crippen LogP contribution in [0.25, 0.3) is 0 Å². The van der Waals surface area contributed by atoms with E-state index in [9.17, 15) is 9.59 Å². The average molecular weight is 432 g/mol. The predicted molar refractivity (Wildman–Crippen MR) is 125 cm³/mol. The minimum Gasteiger partial charge on any atom is -0.336 e. The van der Waals surface area contributed by atoms with E-state index in [0.29, 0.717) is 31.1 Å². The van der Waals surface area contributed by atoms with E-state index in [-0.39, 0.29) is 18.1 Å². The number of hydrogen-bond acceptors (Lipinski definition) is 6. The molecule has 1 amide bonds. The number of fused-ring (bicyclic) bond motifs is 2. The number of aromatic nitrogens is 2. The van der Waals surface area contributed by atoms with Crippen LogP contribution in [0.1, 0.15) is 78.2 Å². The van der Waals surface area contributed by atoms with Gasteiger partial charge >= 0.3 is 0 Å². The lowest BCUT2D eigenvalue weighted by Gasteiger charge is -2.39. The Bertz CT molecular complexity index is 686. The number of rotatable bonds is 4. The molecule has 3 fully saturated rings. The predicted octanol–water partition coefficient (Wildman–Crippen LogP) is 3.50. The number of likely N-dealkylation sites (tertiary alicyclic amines) is 2. The van der Waals surface area contributed by atoms with Crippen molar-refractivity contribution in [3.63, 3.8) is 0 Å². The van der Waals surface area contributed by atoms with Crippen LogP contribution in [0, 0.1) is 0 Å². The summed E-state index contributed by atoms with van der Waals surface area (Å²) in [7, 11) is 2.19. The molecule has 2 unspecified atom stereocenters. The second kappa shape index (κ2) is 12.1. The Morgan fingerprint density at radius 3 is 1.94 bits per heavy atom. The fourth-order valence-corrected chi connectivity index (χ4v) is 4.86. The first-order valence-corrected chi connectivity index (χ1v) is 12.2. The van der Waals surface area contributed by atoms with E-state index in [4.69, 9.17) is 9.97 Å². The molecule has 2 bridgehead atoms. The topological polar surface area (TPSA) is 69.6 Å². The summed E-state index contributed by atoms with van der Waals surface area (Å²) in [5.74, 6) is 0.612. The maximum Gasteiger partial charge on any atom is 0.289 e. The van der Waals surface area contributed by atoms with E-state index < -0.39 is 0 Å². The van der Waals surface area contributed by atoms with Crippen molar-refractivity contribution in [2.75, 3.05) is 38.1 Å². The van der Waals surface area contributed by atoms with Gasteiger partial charge in [-0.05, 0) is 44.2 Å². The van der Waals surface area contributed by atoms with E-state index in [0.717, 1.165) is 37.4 Å². The number of carbonyl (C=O) groups excluding carboxylic acids is 2. The lowest BCUT2D eigenvalue weighted by Crippen LogP contribution is -2.53. The van der Waals surface area contributed by atoms with Crippen molar-refractivity contribution in [1.82, 2.24) is 19.8 Å². The summed E-state index contributed by atoms with van der Waals surface area (Å²) in [4.78, 5) is 39.6. The third-order valence-electron chi connectivity index (χ3n) is 6.37. The number of Topliss-reactive ketones (excluding diaryl/α,β-unsaturated/α-hetero) is 1. The summed E-state index contributed by atoms with van der Waals surface area (Å²) in [6.07, 6.45) is 8.41. The molecular weight excluding hydrogens is 390 g/mol. The van der Waals surface area contributed by atoms with Gasteiger partial charge in [-0.25, -0.2) is 9.97 Å². The molecule has 174 valence electrons. The molecule has 0 radical (unpaired) electrons. The number of piperidine rings is 1. The SMILES string of the molecule is CC.CC.CCC(=O)C(=O)N1CCC(c2cnc(N3C4CCC3CN(C)C4)nc2)CC1. The largest absolute Gasteiger partial charge is 0.336 e. The highest BCUT2D eigenvalue weighted by atomic mass is 16.2. The molecule has 0 aromatic carbocycles. The Kier molecular flexibility index (Phi) is 9.88. The van der Waals surface area contributed by atoms with Gasteiger partial charge in [0, 0.05) is 57.1 Å². The van der Waals surface area contributed by atoms with Crippen molar-refractivity contribution < 1.29 is 9.59 Å². The molecule has 3 aliphatic heterocycles. The lowest BCUT2D eigenvalue weighted by molar-refractivity contribution is -0.145. The third kappa shape index (κ3) is 5.82. The minimum absolute atomic E-state index is 0.280. The Morgan fingerprint density at radius 1 is 0.935 bits per heavy atom. The molecule has 3 aliphatic rings. The standard InChI is InChI=1S/C20H29N5O2.2C2H6/c1-3-18(26)19(27)24-8-6-14(7-9-24)15-10-21-20(22-11-15)25-16-4-5-17(25)13-23(2)12-16;2*1-2/h10-11,14,16-17H,3-9,12-13H2,1-2H3;2*1-2H3. The number of piperazine rings is 1. The Hall–Kier alpha value is -2.02. The molecule has 0 spiro atoms. The second-order valence-electron chi connectivity index (χ2n) is 8.17. The van der Waals surface area contributed by atoms with Crippen LogP contribution in [0.15, 0.2) is 12.4 Å². The van der Waals surface area contributed by atoms with Crippen LogP contribution in [-0.4, -0.2) is 76.8 Å². The van der Waals surface area contributed by atoms with Gasteiger partial charge in [0.2, 0.25) is 11.7 Å². The van der Waals surface area contributed by atoms with Crippen molar-refractivity contribution in [2.45, 2.75) is 84.7 Å². The minimum atomic E-state index is -0.326. The normalized spacial score (nSPS) is 23.4. The molecule has 0 aliphatic carbocycles. The lowest BCUT2D eigenvalue weighted by atomic mass is 9.91. The first kappa shape index (κ1) is 25.2. The van der Waals surface area contributed by atoms with Crippen molar-refractivity contribution in [3.8, 4) is 0 Å². The molecule has 7 heteroatoms. The summed E-state index contributed by atoms with van der Waals surface area (Å²) in [5.41, 5.74) is 1.15. The number of carbonyl (C=O) groups is 2. The molecule has 1 aromatic rings. The smallest absolute Gasteiger partial charge is 0.289 e. The highest BCUT2D eigenvalue weighted by Gasteiger charge is 2.40.